The van der Waals surface area contributed by atoms with Gasteiger partial charge in [0.25, 0.3) is 5.91 Å². The molecule has 9 heteroatoms. The van der Waals surface area contributed by atoms with Gasteiger partial charge in [-0.2, -0.15) is 5.10 Å². The SMILES string of the molecule is Cc1cc(C(=O)NC[C@](O)(c2cc(C(C)(C)O)c(F)c(-c3ccc(F)cc3)n2)C2CC2)cc2cn(C3CC3)nc12. The zero-order chi connectivity index (χ0) is 28.4. The fourth-order valence-electron chi connectivity index (χ4n) is 5.30. The second kappa shape index (κ2) is 9.45. The van der Waals surface area contributed by atoms with E-state index in [-0.39, 0.29) is 35.3 Å². The molecule has 6 rings (SSSR count). The first-order valence-electron chi connectivity index (χ1n) is 13.6. The molecule has 2 saturated carbocycles. The smallest absolute Gasteiger partial charge is 0.251 e. The predicted octanol–water partition coefficient (Wildman–Crippen LogP) is 5.27. The number of nitrogens with one attached hydrogen (secondary N) is 1. The van der Waals surface area contributed by atoms with Gasteiger partial charge in [0.15, 0.2) is 5.82 Å². The monoisotopic (exact) mass is 546 g/mol. The van der Waals surface area contributed by atoms with Crippen LogP contribution in [0.1, 0.15) is 72.8 Å². The van der Waals surface area contributed by atoms with Gasteiger partial charge in [0, 0.05) is 28.3 Å². The van der Waals surface area contributed by atoms with Gasteiger partial charge in [-0.3, -0.25) is 9.48 Å². The number of amides is 1. The van der Waals surface area contributed by atoms with Crippen LogP contribution in [0.2, 0.25) is 0 Å². The van der Waals surface area contributed by atoms with Crippen molar-refractivity contribution in [1.82, 2.24) is 20.1 Å². The van der Waals surface area contributed by atoms with E-state index >= 15 is 4.39 Å². The largest absolute Gasteiger partial charge is 0.386 e. The summed E-state index contributed by atoms with van der Waals surface area (Å²) in [5.74, 6) is -1.79. The van der Waals surface area contributed by atoms with Gasteiger partial charge in [-0.15, -0.1) is 0 Å². The number of hydrogen-bond acceptors (Lipinski definition) is 5. The molecule has 3 N–H and O–H groups in total. The van der Waals surface area contributed by atoms with E-state index in [1.54, 1.807) is 12.1 Å². The molecule has 4 aromatic rings. The number of halogens is 2. The van der Waals surface area contributed by atoms with Crippen molar-refractivity contribution in [2.24, 2.45) is 5.92 Å². The summed E-state index contributed by atoms with van der Waals surface area (Å²) in [6, 6.07) is 10.6. The van der Waals surface area contributed by atoms with Crippen molar-refractivity contribution in [3.63, 3.8) is 0 Å². The normalized spacial score (nSPS) is 17.2. The number of rotatable bonds is 8. The van der Waals surface area contributed by atoms with Crippen molar-refractivity contribution in [1.29, 1.82) is 0 Å². The predicted molar refractivity (Wildman–Crippen MR) is 147 cm³/mol. The lowest BCUT2D eigenvalue weighted by Crippen LogP contribution is -2.43. The molecule has 0 aliphatic heterocycles. The third kappa shape index (κ3) is 4.88. The summed E-state index contributed by atoms with van der Waals surface area (Å²) in [4.78, 5) is 17.8. The Labute approximate surface area is 230 Å². The van der Waals surface area contributed by atoms with Gasteiger partial charge in [-0.25, -0.2) is 13.8 Å². The van der Waals surface area contributed by atoms with Gasteiger partial charge in [0.1, 0.15) is 17.1 Å². The van der Waals surface area contributed by atoms with Crippen LogP contribution < -0.4 is 5.32 Å². The van der Waals surface area contributed by atoms with Gasteiger partial charge in [0.2, 0.25) is 0 Å². The molecule has 2 aliphatic rings. The van der Waals surface area contributed by atoms with E-state index in [9.17, 15) is 19.4 Å². The maximum absolute atomic E-state index is 15.6. The van der Waals surface area contributed by atoms with Crippen molar-refractivity contribution in [3.05, 3.63) is 82.7 Å². The molecule has 2 heterocycles. The Balaban J connectivity index is 1.34. The van der Waals surface area contributed by atoms with Crippen molar-refractivity contribution < 1.29 is 23.8 Å². The standard InChI is InChI=1S/C31H32F2N4O3/c1-17-12-19(13-20-15-37(23-10-11-23)36-27(17)20)29(38)34-16-31(40,21-6-7-21)25-14-24(30(2,3)39)26(33)28(35-25)18-4-8-22(32)9-5-18/h4-5,8-9,12-15,21,23,39-40H,6-7,10-11,16H2,1-3H3,(H,34,38)/t31-/m1/s1. The molecule has 40 heavy (non-hydrogen) atoms. The minimum Gasteiger partial charge on any atom is -0.386 e. The number of pyridine rings is 1. The quantitative estimate of drug-likeness (QED) is 0.279. The lowest BCUT2D eigenvalue weighted by molar-refractivity contribution is 0.00864. The average molecular weight is 547 g/mol. The molecule has 2 aromatic heterocycles. The molecule has 208 valence electrons. The summed E-state index contributed by atoms with van der Waals surface area (Å²) >= 11 is 0. The van der Waals surface area contributed by atoms with Crippen LogP contribution in [0.3, 0.4) is 0 Å². The van der Waals surface area contributed by atoms with Crippen LogP contribution in [-0.4, -0.2) is 37.4 Å². The molecule has 2 fully saturated rings. The Kier molecular flexibility index (Phi) is 6.27. The van der Waals surface area contributed by atoms with Crippen molar-refractivity contribution >= 4 is 16.8 Å². The highest BCUT2D eigenvalue weighted by Crippen LogP contribution is 2.46. The van der Waals surface area contributed by atoms with Gasteiger partial charge in [-0.1, -0.05) is 0 Å². The van der Waals surface area contributed by atoms with E-state index in [1.165, 1.54) is 44.2 Å². The molecular formula is C31H32F2N4O3. The van der Waals surface area contributed by atoms with Crippen LogP contribution >= 0.6 is 0 Å². The van der Waals surface area contributed by atoms with E-state index in [2.05, 4.69) is 15.4 Å². The molecule has 0 saturated heterocycles. The summed E-state index contributed by atoms with van der Waals surface area (Å²) in [5.41, 5.74) is -0.677. The molecule has 7 nitrogen and oxygen atoms in total. The van der Waals surface area contributed by atoms with E-state index < -0.39 is 22.8 Å². The Morgan fingerprint density at radius 1 is 1.07 bits per heavy atom. The maximum Gasteiger partial charge on any atom is 0.251 e. The zero-order valence-corrected chi connectivity index (χ0v) is 22.7. The molecule has 0 radical (unpaired) electrons. The lowest BCUT2D eigenvalue weighted by Gasteiger charge is -2.30. The van der Waals surface area contributed by atoms with Gasteiger partial charge in [-0.05, 0) is 100 Å². The fraction of sp³-hybridized carbons (Fsp3) is 0.387. The Morgan fingerprint density at radius 3 is 2.40 bits per heavy atom. The fourth-order valence-corrected chi connectivity index (χ4v) is 5.30. The third-order valence-electron chi connectivity index (χ3n) is 7.95. The topological polar surface area (TPSA) is 100 Å². The van der Waals surface area contributed by atoms with Crippen LogP contribution in [0.4, 0.5) is 8.78 Å². The van der Waals surface area contributed by atoms with E-state index in [1.807, 2.05) is 17.8 Å². The molecule has 1 atom stereocenters. The summed E-state index contributed by atoms with van der Waals surface area (Å²) in [6.45, 7) is 4.67. The second-order valence-corrected chi connectivity index (χ2v) is 11.7. The third-order valence-corrected chi connectivity index (χ3v) is 7.95. The van der Waals surface area contributed by atoms with E-state index in [4.69, 9.17) is 0 Å². The Hall–Kier alpha value is -3.69. The number of nitrogens with zero attached hydrogens (tertiary/aromatic N) is 3. The van der Waals surface area contributed by atoms with Gasteiger partial charge >= 0.3 is 0 Å². The number of benzene rings is 2. The Morgan fingerprint density at radius 2 is 1.77 bits per heavy atom. The summed E-state index contributed by atoms with van der Waals surface area (Å²) < 4.78 is 31.2. The summed E-state index contributed by atoms with van der Waals surface area (Å²) in [5, 5.41) is 31.1. The summed E-state index contributed by atoms with van der Waals surface area (Å²) in [6.07, 6.45) is 5.60. The molecule has 0 unspecified atom stereocenters. The number of carbonyl (C=O) groups excluding carboxylic acids is 1. The molecule has 0 bridgehead atoms. The van der Waals surface area contributed by atoms with Gasteiger partial charge < -0.3 is 15.5 Å². The van der Waals surface area contributed by atoms with Crippen molar-refractivity contribution in [3.8, 4) is 11.3 Å². The number of hydrogen-bond donors (Lipinski definition) is 3. The number of aliphatic hydroxyl groups is 2. The molecule has 0 spiro atoms. The molecule has 2 aromatic carbocycles. The number of fused-ring (bicyclic) bond motifs is 1. The van der Waals surface area contributed by atoms with Crippen molar-refractivity contribution in [2.75, 3.05) is 6.54 Å². The van der Waals surface area contributed by atoms with E-state index in [0.29, 0.717) is 30.0 Å². The number of aryl methyl sites for hydroxylation is 1. The highest BCUT2D eigenvalue weighted by Gasteiger charge is 2.47. The number of aromatic nitrogens is 3. The maximum atomic E-state index is 15.6. The lowest BCUT2D eigenvalue weighted by atomic mass is 9.87. The highest BCUT2D eigenvalue weighted by atomic mass is 19.1. The first-order chi connectivity index (χ1) is 18.9. The first-order valence-corrected chi connectivity index (χ1v) is 13.6. The summed E-state index contributed by atoms with van der Waals surface area (Å²) in [7, 11) is 0. The zero-order valence-electron chi connectivity index (χ0n) is 22.7. The minimum atomic E-state index is -1.60. The highest BCUT2D eigenvalue weighted by molar-refractivity contribution is 5.98. The Bertz CT molecular complexity index is 1620. The van der Waals surface area contributed by atoms with Crippen LogP contribution in [0.15, 0.2) is 48.7 Å². The number of carbonyl (C=O) groups is 1. The van der Waals surface area contributed by atoms with Crippen molar-refractivity contribution in [2.45, 2.75) is 63.7 Å². The minimum absolute atomic E-state index is 0.0454. The molecular weight excluding hydrogens is 514 g/mol. The molecule has 1 amide bonds. The van der Waals surface area contributed by atoms with Gasteiger partial charge in [0.05, 0.1) is 29.4 Å². The first kappa shape index (κ1) is 26.5. The average Bonchev–Trinajstić information content (AvgIpc) is 3.84. The van der Waals surface area contributed by atoms with E-state index in [0.717, 1.165) is 29.3 Å². The van der Waals surface area contributed by atoms with Crippen LogP contribution in [0, 0.1) is 24.5 Å². The van der Waals surface area contributed by atoms with Crippen LogP contribution in [0.25, 0.3) is 22.2 Å². The second-order valence-electron chi connectivity index (χ2n) is 11.7. The van der Waals surface area contributed by atoms with Crippen LogP contribution in [-0.2, 0) is 11.2 Å². The molecule has 2 aliphatic carbocycles. The van der Waals surface area contributed by atoms with Crippen LogP contribution in [0.5, 0.6) is 0 Å².